The van der Waals surface area contributed by atoms with E-state index < -0.39 is 50.4 Å². The molecule has 0 spiro atoms. The lowest BCUT2D eigenvalue weighted by Crippen LogP contribution is -2.36. The second-order valence-electron chi connectivity index (χ2n) is 8.15. The number of aromatic nitrogens is 1. The fourth-order valence-electron chi connectivity index (χ4n) is 4.05. The van der Waals surface area contributed by atoms with Gasteiger partial charge in [-0.3, -0.25) is 9.52 Å². The molecule has 2 heterocycles. The van der Waals surface area contributed by atoms with Crippen molar-refractivity contribution in [1.82, 2.24) is 4.57 Å². The molecule has 4 rings (SSSR count). The van der Waals surface area contributed by atoms with Crippen LogP contribution in [0.1, 0.15) is 31.4 Å². The van der Waals surface area contributed by atoms with Gasteiger partial charge in [0.25, 0.3) is 5.56 Å². The van der Waals surface area contributed by atoms with Crippen LogP contribution in [0.2, 0.25) is 0 Å². The average Bonchev–Trinajstić information content (AvgIpc) is 3.36. The fraction of sp³-hybridized carbons (Fsp3) is 0.450. The summed E-state index contributed by atoms with van der Waals surface area (Å²) in [6.45, 7) is -0.348. The summed E-state index contributed by atoms with van der Waals surface area (Å²) in [5.41, 5.74) is -1.35. The topological polar surface area (TPSA) is 121 Å². The zero-order valence-corrected chi connectivity index (χ0v) is 19.3. The Morgan fingerprint density at radius 3 is 2.59 bits per heavy atom. The van der Waals surface area contributed by atoms with E-state index in [-0.39, 0.29) is 37.2 Å². The summed E-state index contributed by atoms with van der Waals surface area (Å²) in [6.07, 6.45) is -0.0165. The van der Waals surface area contributed by atoms with Gasteiger partial charge in [0.05, 0.1) is 28.8 Å². The number of hydrogen-bond donors (Lipinski definition) is 4. The summed E-state index contributed by atoms with van der Waals surface area (Å²) in [7, 11) is -4.13. The molecule has 1 unspecified atom stereocenters. The average molecular weight is 534 g/mol. The van der Waals surface area contributed by atoms with Crippen LogP contribution in [0.15, 0.2) is 27.5 Å². The van der Waals surface area contributed by atoms with Gasteiger partial charge in [0, 0.05) is 16.7 Å². The smallest absolute Gasteiger partial charge is 0.289 e. The fourth-order valence-corrected chi connectivity index (χ4v) is 6.14. The highest BCUT2D eigenvalue weighted by Gasteiger charge is 2.55. The van der Waals surface area contributed by atoms with Gasteiger partial charge < -0.3 is 20.1 Å². The molecule has 1 aliphatic heterocycles. The van der Waals surface area contributed by atoms with Crippen LogP contribution in [-0.4, -0.2) is 40.7 Å². The van der Waals surface area contributed by atoms with Gasteiger partial charge in [0.1, 0.15) is 11.5 Å². The van der Waals surface area contributed by atoms with Gasteiger partial charge in [-0.2, -0.15) is 4.39 Å². The molecule has 1 saturated carbocycles. The van der Waals surface area contributed by atoms with Crippen LogP contribution in [0.25, 0.3) is 0 Å². The molecular formula is C20H22BrF2N3O5S. The van der Waals surface area contributed by atoms with Crippen molar-refractivity contribution >= 4 is 43.0 Å². The molecule has 1 aromatic carbocycles. The molecule has 1 aromatic heterocycles. The minimum Gasteiger partial charge on any atom is -0.394 e. The van der Waals surface area contributed by atoms with Gasteiger partial charge in [-0.25, -0.2) is 12.8 Å². The molecule has 32 heavy (non-hydrogen) atoms. The molecule has 2 aromatic rings. The Kier molecular flexibility index (Phi) is 6.07. The molecule has 12 heteroatoms. The van der Waals surface area contributed by atoms with Gasteiger partial charge >= 0.3 is 0 Å². The van der Waals surface area contributed by atoms with E-state index in [1.807, 2.05) is 0 Å². The number of nitrogens with zero attached hydrogens (tertiary/aromatic N) is 1. The van der Waals surface area contributed by atoms with Crippen molar-refractivity contribution in [1.29, 1.82) is 0 Å². The van der Waals surface area contributed by atoms with E-state index in [0.717, 1.165) is 6.07 Å². The molecule has 4 N–H and O–H groups in total. The minimum atomic E-state index is -4.13. The summed E-state index contributed by atoms with van der Waals surface area (Å²) in [6, 6.07) is 4.00. The molecule has 0 saturated heterocycles. The van der Waals surface area contributed by atoms with E-state index in [9.17, 15) is 22.7 Å². The third-order valence-corrected chi connectivity index (χ3v) is 8.62. The number of pyridine rings is 1. The summed E-state index contributed by atoms with van der Waals surface area (Å²) < 4.78 is 58.7. The van der Waals surface area contributed by atoms with Crippen LogP contribution in [-0.2, 0) is 23.0 Å². The predicted molar refractivity (Wildman–Crippen MR) is 119 cm³/mol. The van der Waals surface area contributed by atoms with Crippen molar-refractivity contribution in [2.45, 2.75) is 49.5 Å². The van der Waals surface area contributed by atoms with Crippen molar-refractivity contribution < 1.29 is 27.4 Å². The highest BCUT2D eigenvalue weighted by Crippen LogP contribution is 2.49. The Balaban J connectivity index is 1.80. The standard InChI is InChI=1S/C20H22BrF2N3O5S/c21-11-3-4-14(13(22)8-11)24-18-16(23)19(29)26-7-1-2-15(26)17(18)25-32(30,31)20(5-6-20)9-12(28)10-27/h3-4,8,12,24-25,27-28H,1-2,5-7,9-10H2. The monoisotopic (exact) mass is 533 g/mol. The van der Waals surface area contributed by atoms with Crippen LogP contribution in [0, 0.1) is 11.6 Å². The number of halogens is 3. The third-order valence-electron chi connectivity index (χ3n) is 5.94. The number of fused-ring (bicyclic) bond motifs is 1. The number of benzene rings is 1. The van der Waals surface area contributed by atoms with Gasteiger partial charge in [-0.05, 0) is 50.3 Å². The first-order valence-corrected chi connectivity index (χ1v) is 12.3. The van der Waals surface area contributed by atoms with E-state index in [1.165, 1.54) is 16.7 Å². The number of aliphatic hydroxyl groups excluding tert-OH is 2. The first-order chi connectivity index (χ1) is 15.1. The van der Waals surface area contributed by atoms with Crippen LogP contribution in [0.4, 0.5) is 25.8 Å². The highest BCUT2D eigenvalue weighted by molar-refractivity contribution is 9.10. The summed E-state index contributed by atoms with van der Waals surface area (Å²) in [5, 5.41) is 21.5. The largest absolute Gasteiger partial charge is 0.394 e. The maximum Gasteiger partial charge on any atom is 0.289 e. The Morgan fingerprint density at radius 2 is 1.97 bits per heavy atom. The summed E-state index contributed by atoms with van der Waals surface area (Å²) >= 11 is 3.13. The maximum atomic E-state index is 15.1. The zero-order valence-electron chi connectivity index (χ0n) is 16.9. The normalized spacial score (nSPS) is 17.7. The van der Waals surface area contributed by atoms with E-state index in [4.69, 9.17) is 5.11 Å². The van der Waals surface area contributed by atoms with Gasteiger partial charge in [-0.1, -0.05) is 15.9 Å². The highest BCUT2D eigenvalue weighted by atomic mass is 79.9. The lowest BCUT2D eigenvalue weighted by molar-refractivity contribution is 0.0858. The van der Waals surface area contributed by atoms with Crippen LogP contribution in [0.3, 0.4) is 0 Å². The molecule has 1 fully saturated rings. The van der Waals surface area contributed by atoms with Crippen molar-refractivity contribution in [3.8, 4) is 0 Å². The Labute approximate surface area is 191 Å². The van der Waals surface area contributed by atoms with Gasteiger partial charge in [0.2, 0.25) is 15.8 Å². The maximum absolute atomic E-state index is 15.1. The molecule has 0 bridgehead atoms. The third kappa shape index (κ3) is 4.04. The second kappa shape index (κ2) is 8.40. The van der Waals surface area contributed by atoms with Crippen molar-refractivity contribution in [2.24, 2.45) is 0 Å². The minimum absolute atomic E-state index is 0.133. The predicted octanol–water partition coefficient (Wildman–Crippen LogP) is 2.60. The number of aliphatic hydroxyl groups is 2. The number of hydrogen-bond acceptors (Lipinski definition) is 6. The molecule has 0 amide bonds. The number of nitrogens with one attached hydrogen (secondary N) is 2. The van der Waals surface area contributed by atoms with Crippen LogP contribution in [0.5, 0.6) is 0 Å². The molecule has 1 aliphatic carbocycles. The Morgan fingerprint density at radius 1 is 1.25 bits per heavy atom. The molecule has 8 nitrogen and oxygen atoms in total. The van der Waals surface area contributed by atoms with Gasteiger partial charge in [-0.15, -0.1) is 0 Å². The quantitative estimate of drug-likeness (QED) is 0.414. The number of rotatable bonds is 8. The van der Waals surface area contributed by atoms with E-state index in [1.54, 1.807) is 0 Å². The number of sulfonamides is 1. The van der Waals surface area contributed by atoms with E-state index in [2.05, 4.69) is 26.0 Å². The zero-order chi connectivity index (χ0) is 23.3. The summed E-state index contributed by atoms with van der Waals surface area (Å²) in [5.74, 6) is -1.95. The van der Waals surface area contributed by atoms with Crippen molar-refractivity contribution in [3.63, 3.8) is 0 Å². The SMILES string of the molecule is O=c1c(F)c(Nc2ccc(Br)cc2F)c(NS(=O)(=O)C2(CC(O)CO)CC2)c2n1CCC2. The molecule has 1 atom stereocenters. The first-order valence-electron chi connectivity index (χ1n) is 10.1. The van der Waals surface area contributed by atoms with Crippen molar-refractivity contribution in [2.75, 3.05) is 16.6 Å². The van der Waals surface area contributed by atoms with Crippen LogP contribution >= 0.6 is 15.9 Å². The molecule has 174 valence electrons. The Hall–Kier alpha value is -2.02. The van der Waals surface area contributed by atoms with E-state index >= 15 is 4.39 Å². The lowest BCUT2D eigenvalue weighted by Gasteiger charge is -2.23. The van der Waals surface area contributed by atoms with Crippen LogP contribution < -0.4 is 15.6 Å². The number of anilines is 3. The summed E-state index contributed by atoms with van der Waals surface area (Å²) in [4.78, 5) is 12.5. The first kappa shape index (κ1) is 23.1. The molecule has 0 radical (unpaired) electrons. The molecular weight excluding hydrogens is 512 g/mol. The second-order valence-corrected chi connectivity index (χ2v) is 11.1. The van der Waals surface area contributed by atoms with E-state index in [0.29, 0.717) is 23.0 Å². The Bertz CT molecular complexity index is 1230. The van der Waals surface area contributed by atoms with Gasteiger partial charge in [0.15, 0.2) is 0 Å². The molecule has 2 aliphatic rings. The lowest BCUT2D eigenvalue weighted by atomic mass is 10.2. The van der Waals surface area contributed by atoms with Crippen molar-refractivity contribution in [3.05, 3.63) is 50.4 Å².